The minimum absolute atomic E-state index is 0.0557. The van der Waals surface area contributed by atoms with Crippen LogP contribution in [0.1, 0.15) is 43.5 Å². The molecular formula is C25H24F2N8O3S2. The number of ether oxygens (including phenoxy) is 1. The molecule has 0 amide bonds. The van der Waals surface area contributed by atoms with Crippen LogP contribution in [0, 0.1) is 16.7 Å². The van der Waals surface area contributed by atoms with Crippen LogP contribution < -0.4 is 9.62 Å². The summed E-state index contributed by atoms with van der Waals surface area (Å²) in [5.41, 5.74) is -0.0794. The lowest BCUT2D eigenvalue weighted by molar-refractivity contribution is 0.133. The van der Waals surface area contributed by atoms with Gasteiger partial charge in [0.15, 0.2) is 10.7 Å². The Morgan fingerprint density at radius 1 is 1.12 bits per heavy atom. The Kier molecular flexibility index (Phi) is 5.83. The molecule has 40 heavy (non-hydrogen) atoms. The summed E-state index contributed by atoms with van der Waals surface area (Å²) in [5, 5.41) is 18.1. The van der Waals surface area contributed by atoms with Gasteiger partial charge < -0.3 is 9.64 Å². The fraction of sp³-hybridized carbons (Fsp3) is 0.480. The number of aromatic nitrogens is 5. The van der Waals surface area contributed by atoms with Gasteiger partial charge in [-0.15, -0.1) is 10.2 Å². The van der Waals surface area contributed by atoms with Gasteiger partial charge in [0.2, 0.25) is 15.2 Å². The summed E-state index contributed by atoms with van der Waals surface area (Å²) in [6.45, 7) is 3.08. The normalized spacial score (nSPS) is 20.1. The van der Waals surface area contributed by atoms with Crippen LogP contribution in [0.25, 0.3) is 27.1 Å². The molecule has 2 aliphatic heterocycles. The maximum atomic E-state index is 13.4. The van der Waals surface area contributed by atoms with E-state index in [9.17, 15) is 22.5 Å². The molecule has 3 aromatic heterocycles. The molecule has 1 aromatic carbocycles. The molecule has 1 N–H and O–H groups in total. The van der Waals surface area contributed by atoms with Gasteiger partial charge in [-0.05, 0) is 49.7 Å². The summed E-state index contributed by atoms with van der Waals surface area (Å²) in [4.78, 5) is 11.3. The minimum atomic E-state index is -4.04. The van der Waals surface area contributed by atoms with E-state index in [-0.39, 0.29) is 15.4 Å². The predicted molar refractivity (Wildman–Crippen MR) is 142 cm³/mol. The predicted octanol–water partition coefficient (Wildman–Crippen LogP) is 3.70. The second-order valence-corrected chi connectivity index (χ2v) is 13.4. The van der Waals surface area contributed by atoms with E-state index in [1.54, 1.807) is 10.6 Å². The van der Waals surface area contributed by atoms with Crippen molar-refractivity contribution in [1.29, 1.82) is 5.26 Å². The molecule has 0 unspecified atom stereocenters. The Balaban J connectivity index is 1.39. The van der Waals surface area contributed by atoms with Crippen molar-refractivity contribution in [1.82, 2.24) is 29.5 Å². The number of hydrogen-bond acceptors (Lipinski definition) is 10. The van der Waals surface area contributed by atoms with E-state index in [2.05, 4.69) is 29.8 Å². The Morgan fingerprint density at radius 2 is 1.93 bits per heavy atom. The first-order chi connectivity index (χ1) is 19.2. The Labute approximate surface area is 231 Å². The summed E-state index contributed by atoms with van der Waals surface area (Å²) in [6.07, 6.45) is 2.46. The van der Waals surface area contributed by atoms with E-state index in [0.29, 0.717) is 51.9 Å². The van der Waals surface area contributed by atoms with E-state index in [1.165, 1.54) is 18.5 Å². The molecule has 208 valence electrons. The molecule has 15 heteroatoms. The average Bonchev–Trinajstić information content (AvgIpc) is 3.27. The van der Waals surface area contributed by atoms with E-state index in [0.717, 1.165) is 45.6 Å². The summed E-state index contributed by atoms with van der Waals surface area (Å²) in [5.74, 6) is 0.691. The van der Waals surface area contributed by atoms with Crippen molar-refractivity contribution in [2.24, 2.45) is 5.41 Å². The second kappa shape index (κ2) is 9.10. The van der Waals surface area contributed by atoms with E-state index in [1.807, 2.05) is 6.07 Å². The first-order valence-electron chi connectivity index (χ1n) is 12.9. The zero-order valence-corrected chi connectivity index (χ0v) is 22.8. The standard InChI is InChI=1S/C25H24F2N8O3S2/c26-19(27)22-31-32-23(39-22)35-17-11-15(40(36,37)33-25(12-28)3-4-25)1-2-16(17)18-20(29-14-30-21(18)35)34-8-5-24(6-9-34)7-10-38-13-24/h1-2,11,14,19,33H,3-10,13H2. The van der Waals surface area contributed by atoms with Crippen molar-refractivity contribution < 1.29 is 21.9 Å². The van der Waals surface area contributed by atoms with E-state index in [4.69, 9.17) is 4.74 Å². The van der Waals surface area contributed by atoms with Crippen molar-refractivity contribution in [2.75, 3.05) is 31.2 Å². The lowest BCUT2D eigenvalue weighted by atomic mass is 9.78. The van der Waals surface area contributed by atoms with Gasteiger partial charge in [-0.1, -0.05) is 17.4 Å². The Morgan fingerprint density at radius 3 is 2.58 bits per heavy atom. The number of piperidine rings is 1. The molecule has 3 aliphatic rings. The molecule has 0 atom stereocenters. The fourth-order valence-electron chi connectivity index (χ4n) is 5.72. The first-order valence-corrected chi connectivity index (χ1v) is 15.2. The van der Waals surface area contributed by atoms with Crippen molar-refractivity contribution in [3.05, 3.63) is 29.5 Å². The smallest absolute Gasteiger partial charge is 0.291 e. The second-order valence-electron chi connectivity index (χ2n) is 10.7. The molecule has 7 rings (SSSR count). The fourth-order valence-corrected chi connectivity index (χ4v) is 7.83. The summed E-state index contributed by atoms with van der Waals surface area (Å²) in [7, 11) is -4.04. The third kappa shape index (κ3) is 4.12. The number of nitriles is 1. The highest BCUT2D eigenvalue weighted by Crippen LogP contribution is 2.43. The number of nitrogens with one attached hydrogen (secondary N) is 1. The van der Waals surface area contributed by atoms with Crippen LogP contribution in [0.2, 0.25) is 0 Å². The van der Waals surface area contributed by atoms with Crippen molar-refractivity contribution in [2.45, 2.75) is 49.0 Å². The topological polar surface area (TPSA) is 139 Å². The van der Waals surface area contributed by atoms with Gasteiger partial charge in [-0.3, -0.25) is 4.57 Å². The number of hydrogen-bond donors (Lipinski definition) is 1. The quantitative estimate of drug-likeness (QED) is 0.358. The van der Waals surface area contributed by atoms with Gasteiger partial charge in [0.1, 0.15) is 17.7 Å². The SMILES string of the molecule is N#CC1(NS(=O)(=O)c2ccc3c4c(N5CCC6(CCOC6)CC5)ncnc4n(-c4nnc(C(F)F)s4)c3c2)CC1. The highest BCUT2D eigenvalue weighted by atomic mass is 32.2. The van der Waals surface area contributed by atoms with Gasteiger partial charge in [0.05, 0.1) is 28.5 Å². The lowest BCUT2D eigenvalue weighted by Crippen LogP contribution is -2.40. The number of alkyl halides is 2. The number of sulfonamides is 1. The maximum absolute atomic E-state index is 13.4. The zero-order valence-electron chi connectivity index (χ0n) is 21.2. The molecular weight excluding hydrogens is 562 g/mol. The number of anilines is 1. The summed E-state index contributed by atoms with van der Waals surface area (Å²) >= 11 is 0.714. The number of rotatable bonds is 6. The Bertz CT molecular complexity index is 1780. The number of benzene rings is 1. The number of halogens is 2. The minimum Gasteiger partial charge on any atom is -0.381 e. The molecule has 1 spiro atoms. The van der Waals surface area contributed by atoms with E-state index < -0.39 is 27.0 Å². The monoisotopic (exact) mass is 586 g/mol. The number of nitrogens with zero attached hydrogens (tertiary/aromatic N) is 7. The van der Waals surface area contributed by atoms with Crippen LogP contribution in [-0.2, 0) is 14.8 Å². The highest BCUT2D eigenvalue weighted by molar-refractivity contribution is 7.89. The Hall–Kier alpha value is -3.32. The molecule has 3 fully saturated rings. The van der Waals surface area contributed by atoms with Crippen LogP contribution in [0.15, 0.2) is 29.4 Å². The summed E-state index contributed by atoms with van der Waals surface area (Å²) < 4.78 is 63.1. The van der Waals surface area contributed by atoms with Crippen molar-refractivity contribution >= 4 is 49.1 Å². The molecule has 0 radical (unpaired) electrons. The van der Waals surface area contributed by atoms with Gasteiger partial charge >= 0.3 is 0 Å². The zero-order chi connectivity index (χ0) is 27.7. The molecule has 2 saturated heterocycles. The average molecular weight is 587 g/mol. The van der Waals surface area contributed by atoms with Crippen LogP contribution in [0.5, 0.6) is 0 Å². The van der Waals surface area contributed by atoms with Crippen LogP contribution in [0.4, 0.5) is 14.6 Å². The summed E-state index contributed by atoms with van der Waals surface area (Å²) in [6, 6.07) is 6.64. The molecule has 1 aliphatic carbocycles. The third-order valence-electron chi connectivity index (χ3n) is 8.22. The van der Waals surface area contributed by atoms with Gasteiger partial charge in [0.25, 0.3) is 6.43 Å². The first kappa shape index (κ1) is 25.6. The third-order valence-corrected chi connectivity index (χ3v) is 10.7. The molecule has 11 nitrogen and oxygen atoms in total. The maximum Gasteiger partial charge on any atom is 0.291 e. The van der Waals surface area contributed by atoms with Gasteiger partial charge in [-0.2, -0.15) is 9.98 Å². The van der Waals surface area contributed by atoms with Crippen molar-refractivity contribution in [3.8, 4) is 11.2 Å². The van der Waals surface area contributed by atoms with E-state index >= 15 is 0 Å². The van der Waals surface area contributed by atoms with Crippen LogP contribution in [-0.4, -0.2) is 65.0 Å². The van der Waals surface area contributed by atoms with Crippen LogP contribution >= 0.6 is 11.3 Å². The van der Waals surface area contributed by atoms with Gasteiger partial charge in [0, 0.05) is 25.1 Å². The lowest BCUT2D eigenvalue weighted by Gasteiger charge is -2.39. The largest absolute Gasteiger partial charge is 0.381 e. The highest BCUT2D eigenvalue weighted by Gasteiger charge is 2.47. The molecule has 0 bridgehead atoms. The molecule has 1 saturated carbocycles. The molecule has 4 aromatic rings. The number of fused-ring (bicyclic) bond motifs is 3. The van der Waals surface area contributed by atoms with Crippen LogP contribution in [0.3, 0.4) is 0 Å². The molecule has 5 heterocycles. The van der Waals surface area contributed by atoms with Gasteiger partial charge in [-0.25, -0.2) is 27.2 Å². The van der Waals surface area contributed by atoms with Crippen molar-refractivity contribution in [3.63, 3.8) is 0 Å².